The van der Waals surface area contributed by atoms with Gasteiger partial charge in [0.2, 0.25) is 0 Å². The number of hydrogen-bond acceptors (Lipinski definition) is 3. The molecule has 0 radical (unpaired) electrons. The highest BCUT2D eigenvalue weighted by molar-refractivity contribution is 7.91. The molecule has 2 amide bonds. The average molecular weight is 385 g/mol. The van der Waals surface area contributed by atoms with E-state index in [1.54, 1.807) is 9.80 Å². The molecule has 2 aromatic carbocycles. The van der Waals surface area contributed by atoms with Gasteiger partial charge in [0.25, 0.3) is 0 Å². The van der Waals surface area contributed by atoms with Gasteiger partial charge >= 0.3 is 6.03 Å². The Bertz CT molecular complexity index is 996. The first-order valence-electron chi connectivity index (χ1n) is 9.18. The maximum Gasteiger partial charge on any atom is 0.325 e. The molecule has 0 aromatic heterocycles. The van der Waals surface area contributed by atoms with Crippen LogP contribution < -0.4 is 4.90 Å². The van der Waals surface area contributed by atoms with E-state index in [1.807, 2.05) is 57.2 Å². The van der Waals surface area contributed by atoms with Crippen molar-refractivity contribution in [2.24, 2.45) is 0 Å². The number of rotatable bonds is 3. The van der Waals surface area contributed by atoms with Crippen LogP contribution in [0.25, 0.3) is 0 Å². The van der Waals surface area contributed by atoms with Gasteiger partial charge in [-0.25, -0.2) is 13.2 Å². The number of anilines is 1. The Hall–Kier alpha value is -2.34. The van der Waals surface area contributed by atoms with Gasteiger partial charge in [-0.2, -0.15) is 0 Å². The minimum atomic E-state index is -3.16. The lowest BCUT2D eigenvalue weighted by Crippen LogP contribution is -2.37. The lowest BCUT2D eigenvalue weighted by molar-refractivity contribution is 0.206. The van der Waals surface area contributed by atoms with Crippen LogP contribution in [0.5, 0.6) is 0 Å². The van der Waals surface area contributed by atoms with E-state index < -0.39 is 9.84 Å². The van der Waals surface area contributed by atoms with Crippen molar-refractivity contribution in [1.29, 1.82) is 0 Å². The van der Waals surface area contributed by atoms with Crippen molar-refractivity contribution in [3.05, 3.63) is 64.7 Å². The fourth-order valence-corrected chi connectivity index (χ4v) is 6.31. The molecule has 2 atom stereocenters. The van der Waals surface area contributed by atoms with E-state index >= 15 is 0 Å². The van der Waals surface area contributed by atoms with Gasteiger partial charge in [-0.3, -0.25) is 4.90 Å². The summed E-state index contributed by atoms with van der Waals surface area (Å²) in [6.07, 6.45) is 0. The highest BCUT2D eigenvalue weighted by atomic mass is 32.2. The summed E-state index contributed by atoms with van der Waals surface area (Å²) in [5.74, 6) is 0.0667. The first kappa shape index (κ1) is 18.0. The van der Waals surface area contributed by atoms with Crippen molar-refractivity contribution in [3.8, 4) is 0 Å². The number of urea groups is 1. The maximum atomic E-state index is 13.3. The monoisotopic (exact) mass is 384 g/mol. The maximum absolute atomic E-state index is 13.3. The number of fused-ring (bicyclic) bond motifs is 1. The summed E-state index contributed by atoms with van der Waals surface area (Å²) in [5.41, 5.74) is 5.06. The molecule has 2 fully saturated rings. The zero-order valence-electron chi connectivity index (χ0n) is 15.8. The van der Waals surface area contributed by atoms with Crippen LogP contribution in [0.2, 0.25) is 0 Å². The first-order valence-corrected chi connectivity index (χ1v) is 11.0. The Morgan fingerprint density at radius 1 is 0.926 bits per heavy atom. The third kappa shape index (κ3) is 3.34. The number of carbonyl (C=O) groups is 1. The van der Waals surface area contributed by atoms with E-state index in [2.05, 4.69) is 6.07 Å². The van der Waals surface area contributed by atoms with Crippen molar-refractivity contribution in [2.45, 2.75) is 39.4 Å². The van der Waals surface area contributed by atoms with E-state index in [4.69, 9.17) is 0 Å². The summed E-state index contributed by atoms with van der Waals surface area (Å²) in [6, 6.07) is 13.3. The van der Waals surface area contributed by atoms with Crippen LogP contribution in [0.1, 0.15) is 22.3 Å². The highest BCUT2D eigenvalue weighted by Crippen LogP contribution is 2.36. The number of amides is 2. The van der Waals surface area contributed by atoms with Gasteiger partial charge in [0, 0.05) is 12.2 Å². The summed E-state index contributed by atoms with van der Waals surface area (Å²) in [6.45, 7) is 6.42. The summed E-state index contributed by atoms with van der Waals surface area (Å²) < 4.78 is 24.7. The van der Waals surface area contributed by atoms with Crippen molar-refractivity contribution in [3.63, 3.8) is 0 Å². The van der Waals surface area contributed by atoms with Crippen molar-refractivity contribution in [1.82, 2.24) is 4.90 Å². The molecule has 2 aliphatic heterocycles. The minimum absolute atomic E-state index is 0.0285. The quantitative estimate of drug-likeness (QED) is 0.764. The predicted octanol–water partition coefficient (Wildman–Crippen LogP) is 3.22. The standard InChI is InChI=1S/C21H24N2O3S/c1-14-5-4-6-17(8-14)11-22-19-12-27(25,26)13-20(19)23(21(22)24)18-9-15(2)7-16(3)10-18/h4-10,19-20H,11-13H2,1-3H3/t19-,20-/m0/s1. The topological polar surface area (TPSA) is 57.7 Å². The van der Waals surface area contributed by atoms with Gasteiger partial charge in [-0.05, 0) is 49.6 Å². The van der Waals surface area contributed by atoms with Gasteiger partial charge in [0.15, 0.2) is 9.84 Å². The molecule has 2 aliphatic rings. The summed E-state index contributed by atoms with van der Waals surface area (Å²) in [5, 5.41) is 0. The normalized spacial score (nSPS) is 23.7. The number of carbonyl (C=O) groups excluding carboxylic acids is 1. The predicted molar refractivity (Wildman–Crippen MR) is 107 cm³/mol. The molecule has 0 spiro atoms. The van der Waals surface area contributed by atoms with Crippen LogP contribution >= 0.6 is 0 Å². The molecule has 6 heteroatoms. The van der Waals surface area contributed by atoms with Crippen molar-refractivity contribution < 1.29 is 13.2 Å². The molecule has 0 saturated carbocycles. The zero-order chi connectivity index (χ0) is 19.3. The lowest BCUT2D eigenvalue weighted by Gasteiger charge is -2.23. The molecule has 2 aromatic rings. The Morgan fingerprint density at radius 3 is 2.26 bits per heavy atom. The lowest BCUT2D eigenvalue weighted by atomic mass is 10.1. The second kappa shape index (κ2) is 6.37. The van der Waals surface area contributed by atoms with Crippen LogP contribution in [0.15, 0.2) is 42.5 Å². The second-order valence-electron chi connectivity index (χ2n) is 7.83. The Balaban J connectivity index is 1.73. The van der Waals surface area contributed by atoms with E-state index in [1.165, 1.54) is 0 Å². The molecule has 0 aliphatic carbocycles. The number of aryl methyl sites for hydroxylation is 3. The molecular formula is C21H24N2O3S. The zero-order valence-corrected chi connectivity index (χ0v) is 16.7. The highest BCUT2D eigenvalue weighted by Gasteiger charge is 2.53. The first-order chi connectivity index (χ1) is 12.7. The number of benzene rings is 2. The van der Waals surface area contributed by atoms with Crippen molar-refractivity contribution in [2.75, 3.05) is 16.4 Å². The summed E-state index contributed by atoms with van der Waals surface area (Å²) in [7, 11) is -3.16. The smallest absolute Gasteiger partial charge is 0.314 e. The van der Waals surface area contributed by atoms with E-state index in [-0.39, 0.29) is 29.6 Å². The molecule has 4 rings (SSSR count). The van der Waals surface area contributed by atoms with Gasteiger partial charge < -0.3 is 4.90 Å². The molecular weight excluding hydrogens is 360 g/mol. The van der Waals surface area contributed by atoms with Crippen LogP contribution in [-0.4, -0.2) is 42.9 Å². The second-order valence-corrected chi connectivity index (χ2v) is 9.98. The molecule has 2 heterocycles. The van der Waals surface area contributed by atoms with Gasteiger partial charge in [0.05, 0.1) is 23.6 Å². The fraction of sp³-hybridized carbons (Fsp3) is 0.381. The van der Waals surface area contributed by atoms with Crippen LogP contribution in [0.3, 0.4) is 0 Å². The average Bonchev–Trinajstić information content (AvgIpc) is 2.98. The van der Waals surface area contributed by atoms with Crippen LogP contribution in [-0.2, 0) is 16.4 Å². The Kier molecular flexibility index (Phi) is 4.26. The number of nitrogens with zero attached hydrogens (tertiary/aromatic N) is 2. The van der Waals surface area contributed by atoms with Crippen LogP contribution in [0.4, 0.5) is 10.5 Å². The third-order valence-electron chi connectivity index (χ3n) is 5.40. The minimum Gasteiger partial charge on any atom is -0.314 e. The molecule has 2 saturated heterocycles. The van der Waals surface area contributed by atoms with Gasteiger partial charge in [-0.1, -0.05) is 35.9 Å². The van der Waals surface area contributed by atoms with E-state index in [9.17, 15) is 13.2 Å². The molecule has 5 nitrogen and oxygen atoms in total. The number of sulfone groups is 1. The fourth-order valence-electron chi connectivity index (χ4n) is 4.36. The largest absolute Gasteiger partial charge is 0.325 e. The number of hydrogen-bond donors (Lipinski definition) is 0. The van der Waals surface area contributed by atoms with E-state index in [0.29, 0.717) is 6.54 Å². The summed E-state index contributed by atoms with van der Waals surface area (Å²) in [4.78, 5) is 16.7. The van der Waals surface area contributed by atoms with E-state index in [0.717, 1.165) is 27.9 Å². The molecule has 0 unspecified atom stereocenters. The summed E-state index contributed by atoms with van der Waals surface area (Å²) >= 11 is 0. The Morgan fingerprint density at radius 2 is 1.59 bits per heavy atom. The molecule has 142 valence electrons. The Labute approximate surface area is 160 Å². The SMILES string of the molecule is Cc1cccc(CN2C(=O)N(c3cc(C)cc(C)c3)[C@H]3CS(=O)(=O)C[C@@H]32)c1. The van der Waals surface area contributed by atoms with Crippen molar-refractivity contribution >= 4 is 21.6 Å². The molecule has 0 bridgehead atoms. The van der Waals surface area contributed by atoms with Gasteiger partial charge in [0.1, 0.15) is 0 Å². The molecule has 27 heavy (non-hydrogen) atoms. The van der Waals surface area contributed by atoms with Gasteiger partial charge in [-0.15, -0.1) is 0 Å². The van der Waals surface area contributed by atoms with Crippen LogP contribution in [0, 0.1) is 20.8 Å². The molecule has 0 N–H and O–H groups in total. The third-order valence-corrected chi connectivity index (χ3v) is 7.10.